The van der Waals surface area contributed by atoms with Crippen LogP contribution in [0.25, 0.3) is 0 Å². The van der Waals surface area contributed by atoms with E-state index in [1.165, 1.54) is 0 Å². The van der Waals surface area contributed by atoms with E-state index in [4.69, 9.17) is 0 Å². The molecule has 3 heteroatoms. The number of carbonyl (C=O) groups is 3. The summed E-state index contributed by atoms with van der Waals surface area (Å²) in [7, 11) is 0. The molecule has 4 aromatic carbocycles. The third-order valence-corrected chi connectivity index (χ3v) is 5.40. The highest BCUT2D eigenvalue weighted by Crippen LogP contribution is 2.18. The first kappa shape index (κ1) is 21.1. The SMILES string of the molecule is Cc1ccc(C(=O)c2cccc(C(=O)c3cccc(C(=O)c4ccc(C)cc4)c3)c2)cc1. The molecular weight excluding hydrogens is 396 g/mol. The highest BCUT2D eigenvalue weighted by molar-refractivity contribution is 6.15. The van der Waals surface area contributed by atoms with Gasteiger partial charge in [0, 0.05) is 33.4 Å². The molecule has 0 radical (unpaired) electrons. The van der Waals surface area contributed by atoms with Gasteiger partial charge in [0.2, 0.25) is 0 Å². The van der Waals surface area contributed by atoms with Crippen molar-refractivity contribution in [2.24, 2.45) is 0 Å². The van der Waals surface area contributed by atoms with Crippen molar-refractivity contribution in [3.8, 4) is 0 Å². The van der Waals surface area contributed by atoms with Gasteiger partial charge in [0.05, 0.1) is 0 Å². The van der Waals surface area contributed by atoms with Crippen LogP contribution in [-0.4, -0.2) is 17.3 Å². The van der Waals surface area contributed by atoms with Gasteiger partial charge in [-0.3, -0.25) is 14.4 Å². The van der Waals surface area contributed by atoms with Crippen molar-refractivity contribution in [1.29, 1.82) is 0 Å². The second-order valence-corrected chi connectivity index (χ2v) is 7.88. The van der Waals surface area contributed by atoms with Crippen LogP contribution in [0.4, 0.5) is 0 Å². The number of carbonyl (C=O) groups excluding carboxylic acids is 3. The number of benzene rings is 4. The van der Waals surface area contributed by atoms with Gasteiger partial charge in [-0.25, -0.2) is 0 Å². The summed E-state index contributed by atoms with van der Waals surface area (Å²) in [5.41, 5.74) is 5.01. The molecule has 3 nitrogen and oxygen atoms in total. The number of rotatable bonds is 6. The minimum Gasteiger partial charge on any atom is -0.289 e. The molecule has 0 aliphatic carbocycles. The number of ketones is 3. The molecule has 0 amide bonds. The second-order valence-electron chi connectivity index (χ2n) is 7.88. The van der Waals surface area contributed by atoms with Crippen molar-refractivity contribution < 1.29 is 14.4 Å². The van der Waals surface area contributed by atoms with Crippen LogP contribution in [0.5, 0.6) is 0 Å². The summed E-state index contributed by atoms with van der Waals surface area (Å²) in [5, 5.41) is 0. The Labute approximate surface area is 187 Å². The fourth-order valence-corrected chi connectivity index (χ4v) is 3.51. The lowest BCUT2D eigenvalue weighted by molar-refractivity contribution is 0.103. The Morgan fingerprint density at radius 2 is 0.688 bits per heavy atom. The van der Waals surface area contributed by atoms with Gasteiger partial charge in [0.25, 0.3) is 0 Å². The molecule has 0 heterocycles. The van der Waals surface area contributed by atoms with E-state index in [9.17, 15) is 14.4 Å². The lowest BCUT2D eigenvalue weighted by atomic mass is 9.95. The number of hydrogen-bond acceptors (Lipinski definition) is 3. The summed E-state index contributed by atoms with van der Waals surface area (Å²) in [6, 6.07) is 28.1. The van der Waals surface area contributed by atoms with E-state index in [0.717, 1.165) is 11.1 Å². The average molecular weight is 418 g/mol. The molecule has 0 N–H and O–H groups in total. The summed E-state index contributed by atoms with van der Waals surface area (Å²) < 4.78 is 0. The molecule has 0 atom stereocenters. The number of hydrogen-bond donors (Lipinski definition) is 0. The topological polar surface area (TPSA) is 51.2 Å². The van der Waals surface area contributed by atoms with Crippen LogP contribution < -0.4 is 0 Å². The molecule has 0 fully saturated rings. The van der Waals surface area contributed by atoms with Crippen LogP contribution in [0.15, 0.2) is 97.1 Å². The van der Waals surface area contributed by atoms with Crippen molar-refractivity contribution in [2.45, 2.75) is 13.8 Å². The first-order valence-corrected chi connectivity index (χ1v) is 10.4. The molecule has 0 saturated heterocycles. The standard InChI is InChI=1S/C29H22O3/c1-19-9-13-21(14-10-19)27(30)23-5-3-7-25(17-23)29(32)26-8-4-6-24(18-26)28(31)22-15-11-20(2)12-16-22/h3-18H,1-2H3. The number of aryl methyl sites for hydroxylation is 2. The molecular formula is C29H22O3. The Bertz CT molecular complexity index is 1210. The fraction of sp³-hybridized carbons (Fsp3) is 0.0690. The minimum atomic E-state index is -0.234. The van der Waals surface area contributed by atoms with Crippen LogP contribution in [0.3, 0.4) is 0 Å². The summed E-state index contributed by atoms with van der Waals surface area (Å²) in [4.78, 5) is 38.8. The molecule has 0 spiro atoms. The summed E-state index contributed by atoms with van der Waals surface area (Å²) in [6.07, 6.45) is 0. The van der Waals surface area contributed by atoms with Crippen LogP contribution in [0, 0.1) is 13.8 Å². The molecule has 4 rings (SSSR count). The van der Waals surface area contributed by atoms with Crippen LogP contribution >= 0.6 is 0 Å². The van der Waals surface area contributed by atoms with E-state index < -0.39 is 0 Å². The van der Waals surface area contributed by atoms with Gasteiger partial charge < -0.3 is 0 Å². The van der Waals surface area contributed by atoms with Crippen molar-refractivity contribution in [3.05, 3.63) is 142 Å². The van der Waals surface area contributed by atoms with Gasteiger partial charge in [-0.15, -0.1) is 0 Å². The molecule has 0 unspecified atom stereocenters. The van der Waals surface area contributed by atoms with Crippen molar-refractivity contribution in [3.63, 3.8) is 0 Å². The van der Waals surface area contributed by atoms with E-state index in [1.54, 1.807) is 72.8 Å². The van der Waals surface area contributed by atoms with Gasteiger partial charge in [0.1, 0.15) is 0 Å². The normalized spacial score (nSPS) is 10.6. The Morgan fingerprint density at radius 1 is 0.406 bits per heavy atom. The summed E-state index contributed by atoms with van der Waals surface area (Å²) in [5.74, 6) is -0.506. The molecule has 156 valence electrons. The quantitative estimate of drug-likeness (QED) is 0.361. The Hall–Kier alpha value is -4.11. The monoisotopic (exact) mass is 418 g/mol. The third-order valence-electron chi connectivity index (χ3n) is 5.40. The lowest BCUT2D eigenvalue weighted by Crippen LogP contribution is -2.07. The van der Waals surface area contributed by atoms with E-state index in [-0.39, 0.29) is 17.3 Å². The van der Waals surface area contributed by atoms with Crippen LogP contribution in [-0.2, 0) is 0 Å². The molecule has 32 heavy (non-hydrogen) atoms. The van der Waals surface area contributed by atoms with Crippen LogP contribution in [0.1, 0.15) is 58.9 Å². The minimum absolute atomic E-state index is 0.136. The molecule has 0 saturated carbocycles. The van der Waals surface area contributed by atoms with Crippen molar-refractivity contribution in [1.82, 2.24) is 0 Å². The molecule has 0 bridgehead atoms. The largest absolute Gasteiger partial charge is 0.289 e. The smallest absolute Gasteiger partial charge is 0.193 e. The average Bonchev–Trinajstić information content (AvgIpc) is 2.84. The highest BCUT2D eigenvalue weighted by Gasteiger charge is 2.16. The zero-order valence-corrected chi connectivity index (χ0v) is 18.0. The maximum absolute atomic E-state index is 13.1. The van der Waals surface area contributed by atoms with Crippen molar-refractivity contribution in [2.75, 3.05) is 0 Å². The van der Waals surface area contributed by atoms with Gasteiger partial charge in [-0.2, -0.15) is 0 Å². The van der Waals surface area contributed by atoms with E-state index in [1.807, 2.05) is 38.1 Å². The van der Waals surface area contributed by atoms with E-state index in [0.29, 0.717) is 33.4 Å². The second kappa shape index (κ2) is 8.94. The van der Waals surface area contributed by atoms with Gasteiger partial charge >= 0.3 is 0 Å². The maximum Gasteiger partial charge on any atom is 0.193 e. The Balaban J connectivity index is 1.61. The predicted octanol–water partition coefficient (Wildman–Crippen LogP) is 6.00. The first-order valence-electron chi connectivity index (χ1n) is 10.4. The molecule has 0 aliphatic rings. The zero-order chi connectivity index (χ0) is 22.7. The van der Waals surface area contributed by atoms with Crippen LogP contribution in [0.2, 0.25) is 0 Å². The van der Waals surface area contributed by atoms with Gasteiger partial charge in [0.15, 0.2) is 17.3 Å². The third kappa shape index (κ3) is 4.47. The first-order chi connectivity index (χ1) is 15.4. The molecule has 0 aromatic heterocycles. The summed E-state index contributed by atoms with van der Waals surface area (Å²) in [6.45, 7) is 3.93. The van der Waals surface area contributed by atoms with E-state index in [2.05, 4.69) is 0 Å². The lowest BCUT2D eigenvalue weighted by Gasteiger charge is -2.07. The molecule has 0 aliphatic heterocycles. The Morgan fingerprint density at radius 3 is 1.00 bits per heavy atom. The predicted molar refractivity (Wildman–Crippen MR) is 126 cm³/mol. The van der Waals surface area contributed by atoms with Crippen molar-refractivity contribution >= 4 is 17.3 Å². The van der Waals surface area contributed by atoms with Gasteiger partial charge in [-0.1, -0.05) is 96.1 Å². The van der Waals surface area contributed by atoms with Gasteiger partial charge in [-0.05, 0) is 26.0 Å². The molecule has 4 aromatic rings. The van der Waals surface area contributed by atoms with E-state index >= 15 is 0 Å². The zero-order valence-electron chi connectivity index (χ0n) is 18.0. The fourth-order valence-electron chi connectivity index (χ4n) is 3.51. The highest BCUT2D eigenvalue weighted by atomic mass is 16.1. The Kier molecular flexibility index (Phi) is 5.91. The maximum atomic E-state index is 13.1. The summed E-state index contributed by atoms with van der Waals surface area (Å²) >= 11 is 0.